The highest BCUT2D eigenvalue weighted by Gasteiger charge is 2.12. The van der Waals surface area contributed by atoms with Crippen molar-refractivity contribution in [3.63, 3.8) is 0 Å². The van der Waals surface area contributed by atoms with E-state index in [2.05, 4.69) is 23.7 Å². The average Bonchev–Trinajstić information content (AvgIpc) is 2.67. The smallest absolute Gasteiger partial charge is 0.200 e. The van der Waals surface area contributed by atoms with Crippen molar-refractivity contribution in [1.82, 2.24) is 9.88 Å². The second-order valence-corrected chi connectivity index (χ2v) is 7.32. The van der Waals surface area contributed by atoms with Crippen molar-refractivity contribution < 1.29 is 9.47 Å². The summed E-state index contributed by atoms with van der Waals surface area (Å²) in [5, 5.41) is 1.61. The van der Waals surface area contributed by atoms with Gasteiger partial charge in [-0.15, -0.1) is 0 Å². The fraction of sp³-hybridized carbons (Fsp3) is 0.409. The molecule has 0 atom stereocenters. The molecule has 0 bridgehead atoms. The number of fused-ring (bicyclic) bond motifs is 2. The van der Waals surface area contributed by atoms with Gasteiger partial charge in [-0.05, 0) is 50.2 Å². The third kappa shape index (κ3) is 4.42. The molecule has 3 aromatic rings. The normalized spacial score (nSPS) is 11.5. The van der Waals surface area contributed by atoms with Crippen molar-refractivity contribution in [3.05, 3.63) is 45.6 Å². The van der Waals surface area contributed by atoms with Crippen molar-refractivity contribution in [3.8, 4) is 11.5 Å². The number of hydrogen-bond donors (Lipinski definition) is 1. The minimum Gasteiger partial charge on any atom is -0.496 e. The summed E-state index contributed by atoms with van der Waals surface area (Å²) < 4.78 is 11.3. The maximum atomic E-state index is 12.9. The van der Waals surface area contributed by atoms with E-state index in [0.29, 0.717) is 33.7 Å². The van der Waals surface area contributed by atoms with Crippen LogP contribution in [0.15, 0.2) is 35.1 Å². The Bertz CT molecular complexity index is 1010. The zero-order chi connectivity index (χ0) is 20.1. The maximum Gasteiger partial charge on any atom is 0.200 e. The van der Waals surface area contributed by atoms with Crippen LogP contribution in [0.1, 0.15) is 26.7 Å². The van der Waals surface area contributed by atoms with Crippen LogP contribution >= 0.6 is 11.6 Å². The molecule has 0 saturated heterocycles. The van der Waals surface area contributed by atoms with E-state index in [1.807, 2.05) is 12.1 Å². The standard InChI is InChI=1S/C22H27ClN2O3/c1-4-8-25(9-5-2)10-11-28-16-6-7-17-18(14-16)24-19-12-15(23)13-20(27-3)21(19)22(17)26/h6-7,12-14H,4-5,8-11H2,1-3H3,(H,24,26). The number of nitrogens with one attached hydrogen (secondary N) is 1. The molecule has 1 N–H and O–H groups in total. The third-order valence-corrected chi connectivity index (χ3v) is 4.99. The summed E-state index contributed by atoms with van der Waals surface area (Å²) in [6.45, 7) is 8.04. The lowest BCUT2D eigenvalue weighted by Gasteiger charge is -2.20. The van der Waals surface area contributed by atoms with Crippen LogP contribution in [-0.4, -0.2) is 43.2 Å². The molecule has 1 aromatic heterocycles. The number of pyridine rings is 1. The molecule has 0 aliphatic rings. The van der Waals surface area contributed by atoms with Crippen molar-refractivity contribution in [2.45, 2.75) is 26.7 Å². The lowest BCUT2D eigenvalue weighted by Crippen LogP contribution is -2.30. The summed E-state index contributed by atoms with van der Waals surface area (Å²) in [5.41, 5.74) is 1.29. The van der Waals surface area contributed by atoms with Crippen LogP contribution < -0.4 is 14.9 Å². The maximum absolute atomic E-state index is 12.9. The molecule has 0 fully saturated rings. The summed E-state index contributed by atoms with van der Waals surface area (Å²) in [7, 11) is 1.53. The molecule has 0 amide bonds. The van der Waals surface area contributed by atoms with Crippen molar-refractivity contribution in [1.29, 1.82) is 0 Å². The molecule has 0 saturated carbocycles. The van der Waals surface area contributed by atoms with Crippen LogP contribution in [0.2, 0.25) is 5.02 Å². The van der Waals surface area contributed by atoms with Gasteiger partial charge < -0.3 is 14.5 Å². The number of halogens is 1. The summed E-state index contributed by atoms with van der Waals surface area (Å²) in [4.78, 5) is 18.6. The molecular weight excluding hydrogens is 376 g/mol. The molecule has 6 heteroatoms. The van der Waals surface area contributed by atoms with E-state index in [-0.39, 0.29) is 5.43 Å². The Morgan fingerprint density at radius 3 is 2.46 bits per heavy atom. The van der Waals surface area contributed by atoms with E-state index >= 15 is 0 Å². The molecule has 0 radical (unpaired) electrons. The highest BCUT2D eigenvalue weighted by Crippen LogP contribution is 2.29. The zero-order valence-electron chi connectivity index (χ0n) is 16.7. The molecule has 0 unspecified atom stereocenters. The van der Waals surface area contributed by atoms with E-state index in [9.17, 15) is 4.79 Å². The Hall–Kier alpha value is -2.24. The van der Waals surface area contributed by atoms with Gasteiger partial charge >= 0.3 is 0 Å². The topological polar surface area (TPSA) is 54.6 Å². The number of aromatic amines is 1. The van der Waals surface area contributed by atoms with E-state index in [4.69, 9.17) is 21.1 Å². The van der Waals surface area contributed by atoms with Gasteiger partial charge in [0, 0.05) is 23.0 Å². The number of nitrogens with zero attached hydrogens (tertiary/aromatic N) is 1. The summed E-state index contributed by atoms with van der Waals surface area (Å²) in [6.07, 6.45) is 2.27. The van der Waals surface area contributed by atoms with E-state index < -0.39 is 0 Å². The fourth-order valence-electron chi connectivity index (χ4n) is 3.53. The molecule has 0 spiro atoms. The molecular formula is C22H27ClN2O3. The largest absolute Gasteiger partial charge is 0.496 e. The van der Waals surface area contributed by atoms with Gasteiger partial charge in [0.1, 0.15) is 18.1 Å². The molecule has 0 aliphatic heterocycles. The van der Waals surface area contributed by atoms with Crippen molar-refractivity contribution in [2.75, 3.05) is 33.4 Å². The summed E-state index contributed by atoms with van der Waals surface area (Å²) in [5.74, 6) is 1.21. The van der Waals surface area contributed by atoms with Crippen molar-refractivity contribution in [2.24, 2.45) is 0 Å². The minimum absolute atomic E-state index is 0.0825. The van der Waals surface area contributed by atoms with Crippen LogP contribution in [0.5, 0.6) is 11.5 Å². The van der Waals surface area contributed by atoms with E-state index in [1.54, 1.807) is 18.2 Å². The highest BCUT2D eigenvalue weighted by atomic mass is 35.5. The van der Waals surface area contributed by atoms with Gasteiger partial charge in [0.05, 0.1) is 23.5 Å². The van der Waals surface area contributed by atoms with Crippen LogP contribution in [0.25, 0.3) is 21.8 Å². The Morgan fingerprint density at radius 1 is 1.04 bits per heavy atom. The van der Waals surface area contributed by atoms with Gasteiger partial charge in [-0.2, -0.15) is 0 Å². The summed E-state index contributed by atoms with van der Waals surface area (Å²) >= 11 is 6.16. The predicted octanol–water partition coefficient (Wildman–Crippen LogP) is 4.84. The lowest BCUT2D eigenvalue weighted by molar-refractivity contribution is 0.209. The van der Waals surface area contributed by atoms with Gasteiger partial charge in [-0.1, -0.05) is 25.4 Å². The first-order chi connectivity index (χ1) is 13.6. The molecule has 2 aromatic carbocycles. The number of hydrogen-bond acceptors (Lipinski definition) is 4. The predicted molar refractivity (Wildman–Crippen MR) is 116 cm³/mol. The number of ether oxygens (including phenoxy) is 2. The second-order valence-electron chi connectivity index (χ2n) is 6.88. The Labute approximate surface area is 170 Å². The first-order valence-corrected chi connectivity index (χ1v) is 10.1. The first-order valence-electron chi connectivity index (χ1n) is 9.75. The zero-order valence-corrected chi connectivity index (χ0v) is 17.4. The number of H-pyrrole nitrogens is 1. The van der Waals surface area contributed by atoms with Gasteiger partial charge in [0.2, 0.25) is 5.43 Å². The molecule has 28 heavy (non-hydrogen) atoms. The quantitative estimate of drug-likeness (QED) is 0.520. The molecule has 3 rings (SSSR count). The van der Waals surface area contributed by atoms with Crippen LogP contribution in [0, 0.1) is 0 Å². The van der Waals surface area contributed by atoms with Crippen LogP contribution in [0.4, 0.5) is 0 Å². The van der Waals surface area contributed by atoms with Crippen LogP contribution in [0.3, 0.4) is 0 Å². The SMILES string of the molecule is CCCN(CCC)CCOc1ccc2c(=O)c3c(OC)cc(Cl)cc3[nH]c2c1. The molecule has 0 aliphatic carbocycles. The average molecular weight is 403 g/mol. The Morgan fingerprint density at radius 2 is 1.79 bits per heavy atom. The van der Waals surface area contributed by atoms with Gasteiger partial charge in [0.25, 0.3) is 0 Å². The molecule has 150 valence electrons. The minimum atomic E-state index is -0.0825. The van der Waals surface area contributed by atoms with Gasteiger partial charge in [-0.3, -0.25) is 9.69 Å². The van der Waals surface area contributed by atoms with E-state index in [1.165, 1.54) is 7.11 Å². The molecule has 5 nitrogen and oxygen atoms in total. The third-order valence-electron chi connectivity index (χ3n) is 4.77. The number of aromatic nitrogens is 1. The molecule has 1 heterocycles. The second kappa shape index (κ2) is 9.30. The first kappa shape index (κ1) is 20.5. The number of methoxy groups -OCH3 is 1. The number of rotatable bonds is 9. The van der Waals surface area contributed by atoms with E-state index in [0.717, 1.165) is 43.7 Å². The Kier molecular flexibility index (Phi) is 6.81. The van der Waals surface area contributed by atoms with Crippen LogP contribution in [-0.2, 0) is 0 Å². The monoisotopic (exact) mass is 402 g/mol. The lowest BCUT2D eigenvalue weighted by atomic mass is 10.1. The Balaban J connectivity index is 1.87. The van der Waals surface area contributed by atoms with Crippen molar-refractivity contribution >= 4 is 33.4 Å². The van der Waals surface area contributed by atoms with Gasteiger partial charge in [0.15, 0.2) is 0 Å². The highest BCUT2D eigenvalue weighted by molar-refractivity contribution is 6.31. The van der Waals surface area contributed by atoms with Gasteiger partial charge in [-0.25, -0.2) is 0 Å². The number of benzene rings is 2. The fourth-order valence-corrected chi connectivity index (χ4v) is 3.74. The summed E-state index contributed by atoms with van der Waals surface area (Å²) in [6, 6.07) is 8.90.